The molecule has 1 fully saturated rings. The topological polar surface area (TPSA) is 64.0 Å². The van der Waals surface area contributed by atoms with Gasteiger partial charge in [0.15, 0.2) is 11.6 Å². The molecule has 1 saturated heterocycles. The Bertz CT molecular complexity index is 1130. The number of piperidine rings is 1. The molecule has 2 atom stereocenters. The van der Waals surface area contributed by atoms with Gasteiger partial charge in [0.2, 0.25) is 17.8 Å². The van der Waals surface area contributed by atoms with Gasteiger partial charge in [0.1, 0.15) is 12.4 Å². The molecule has 0 saturated carbocycles. The molecule has 6 nitrogen and oxygen atoms in total. The lowest BCUT2D eigenvalue weighted by molar-refractivity contribution is -0.119. The summed E-state index contributed by atoms with van der Waals surface area (Å²) < 4.78 is 39.0. The zero-order chi connectivity index (χ0) is 23.8. The van der Waals surface area contributed by atoms with Crippen LogP contribution in [0, 0.1) is 23.6 Å². The van der Waals surface area contributed by atoms with E-state index in [-0.39, 0.29) is 41.4 Å². The fourth-order valence-corrected chi connectivity index (χ4v) is 4.51. The number of ether oxygens (including phenoxy) is 2. The third-order valence-corrected chi connectivity index (χ3v) is 6.39. The first-order valence-corrected chi connectivity index (χ1v) is 10.9. The minimum Gasteiger partial charge on any atom is -0.473 e. The van der Waals surface area contributed by atoms with Crippen LogP contribution < -0.4 is 4.74 Å². The van der Waals surface area contributed by atoms with E-state index in [0.717, 1.165) is 18.2 Å². The maximum atomic E-state index is 14.5. The Morgan fingerprint density at radius 2 is 2.00 bits per heavy atom. The van der Waals surface area contributed by atoms with E-state index in [1.807, 2.05) is 13.1 Å². The zero-order valence-corrected chi connectivity index (χ0v) is 19.1. The smallest absolute Gasteiger partial charge is 0.249 e. The number of hydrogen-bond acceptors (Lipinski definition) is 5. The van der Waals surface area contributed by atoms with Crippen LogP contribution in [0.2, 0.25) is 0 Å². The van der Waals surface area contributed by atoms with Crippen molar-refractivity contribution in [1.29, 1.82) is 0 Å². The molecular weight excluding hydrogens is 428 g/mol. The van der Waals surface area contributed by atoms with Crippen LogP contribution in [0.4, 0.5) is 8.78 Å². The number of carbonyl (C=O) groups is 1. The van der Waals surface area contributed by atoms with Crippen LogP contribution in [-0.4, -0.2) is 34.3 Å². The quantitative estimate of drug-likeness (QED) is 0.590. The summed E-state index contributed by atoms with van der Waals surface area (Å²) in [6, 6.07) is 6.87. The summed E-state index contributed by atoms with van der Waals surface area (Å²) in [5.41, 5.74) is 1.53. The molecule has 3 heterocycles. The molecule has 4 rings (SSSR count). The summed E-state index contributed by atoms with van der Waals surface area (Å²) in [4.78, 5) is 22.2. The highest BCUT2D eigenvalue weighted by molar-refractivity contribution is 5.99. The Morgan fingerprint density at radius 3 is 2.73 bits per heavy atom. The lowest BCUT2D eigenvalue weighted by Gasteiger charge is -2.49. The van der Waals surface area contributed by atoms with Gasteiger partial charge in [-0.25, -0.2) is 9.37 Å². The summed E-state index contributed by atoms with van der Waals surface area (Å²) in [5.74, 6) is -0.794. The van der Waals surface area contributed by atoms with Crippen molar-refractivity contribution < 1.29 is 23.0 Å². The lowest BCUT2D eigenvalue weighted by atomic mass is 9.74. The van der Waals surface area contributed by atoms with E-state index in [4.69, 9.17) is 9.47 Å². The summed E-state index contributed by atoms with van der Waals surface area (Å²) in [6.07, 6.45) is 4.40. The Hall–Kier alpha value is -3.29. The molecule has 2 aromatic rings. The molecule has 2 unspecified atom stereocenters. The Morgan fingerprint density at radius 1 is 1.21 bits per heavy atom. The molecule has 8 heteroatoms. The third-order valence-electron chi connectivity index (χ3n) is 6.39. The highest BCUT2D eigenvalue weighted by Gasteiger charge is 2.41. The van der Waals surface area contributed by atoms with Crippen molar-refractivity contribution in [3.63, 3.8) is 0 Å². The number of nitrogens with zero attached hydrogens (tertiary/aromatic N) is 3. The molecule has 0 radical (unpaired) electrons. The van der Waals surface area contributed by atoms with Gasteiger partial charge in [-0.15, -0.1) is 0 Å². The van der Waals surface area contributed by atoms with E-state index in [1.54, 1.807) is 6.07 Å². The van der Waals surface area contributed by atoms with Crippen molar-refractivity contribution >= 4 is 11.8 Å². The molecular formula is C25H27F2N3O3. The average Bonchev–Trinajstić information content (AvgIpc) is 2.91. The lowest BCUT2D eigenvalue weighted by Crippen LogP contribution is -2.49. The van der Waals surface area contributed by atoms with Crippen molar-refractivity contribution in [2.45, 2.75) is 45.8 Å². The Balaban J connectivity index is 1.49. The molecule has 0 N–H and O–H groups in total. The van der Waals surface area contributed by atoms with Gasteiger partial charge >= 0.3 is 0 Å². The number of rotatable bonds is 4. The fourth-order valence-electron chi connectivity index (χ4n) is 4.51. The van der Waals surface area contributed by atoms with Crippen LogP contribution in [0.15, 0.2) is 53.3 Å². The van der Waals surface area contributed by atoms with Crippen molar-refractivity contribution in [2.24, 2.45) is 16.8 Å². The molecule has 174 valence electrons. The second-order valence-electron chi connectivity index (χ2n) is 9.25. The van der Waals surface area contributed by atoms with Crippen molar-refractivity contribution in [3.05, 3.63) is 65.6 Å². The summed E-state index contributed by atoms with van der Waals surface area (Å²) >= 11 is 0. The van der Waals surface area contributed by atoms with Crippen LogP contribution in [0.25, 0.3) is 0 Å². The predicted molar refractivity (Wildman–Crippen MR) is 120 cm³/mol. The summed E-state index contributed by atoms with van der Waals surface area (Å²) in [7, 11) is 2.03. The first-order chi connectivity index (χ1) is 15.6. The van der Waals surface area contributed by atoms with Gasteiger partial charge in [0, 0.05) is 49.0 Å². The Labute approximate surface area is 191 Å². The number of halogens is 2. The van der Waals surface area contributed by atoms with Gasteiger partial charge in [0.05, 0.1) is 0 Å². The molecule has 0 spiro atoms. The number of likely N-dealkylation sites (tertiary alicyclic amines) is 1. The van der Waals surface area contributed by atoms with E-state index >= 15 is 0 Å². The van der Waals surface area contributed by atoms with Crippen LogP contribution in [0.1, 0.15) is 39.2 Å². The minimum absolute atomic E-state index is 0.0320. The maximum Gasteiger partial charge on any atom is 0.249 e. The minimum atomic E-state index is -0.714. The van der Waals surface area contributed by atoms with Gasteiger partial charge in [0.25, 0.3) is 0 Å². The number of aliphatic imine (C=N–C) groups is 1. The summed E-state index contributed by atoms with van der Waals surface area (Å²) in [6.45, 7) is 6.55. The van der Waals surface area contributed by atoms with Crippen molar-refractivity contribution in [1.82, 2.24) is 9.88 Å². The highest BCUT2D eigenvalue weighted by Crippen LogP contribution is 2.42. The number of benzene rings is 1. The predicted octanol–water partition coefficient (Wildman–Crippen LogP) is 5.25. The number of pyridine rings is 1. The van der Waals surface area contributed by atoms with E-state index < -0.39 is 11.8 Å². The number of carbonyl (C=O) groups excluding carboxylic acids is 1. The van der Waals surface area contributed by atoms with Gasteiger partial charge in [-0.3, -0.25) is 4.79 Å². The van der Waals surface area contributed by atoms with Crippen LogP contribution >= 0.6 is 0 Å². The normalized spacial score (nSPS) is 22.1. The number of fused-ring (bicyclic) bond motifs is 1. The number of hydrogen-bond donors (Lipinski definition) is 0. The van der Waals surface area contributed by atoms with Gasteiger partial charge < -0.3 is 14.4 Å². The number of aromatic nitrogens is 1. The van der Waals surface area contributed by atoms with E-state index in [0.29, 0.717) is 17.9 Å². The molecule has 2 aliphatic heterocycles. The van der Waals surface area contributed by atoms with Gasteiger partial charge in [-0.05, 0) is 49.9 Å². The molecule has 1 aromatic carbocycles. The van der Waals surface area contributed by atoms with E-state index in [9.17, 15) is 13.6 Å². The average molecular weight is 456 g/mol. The molecule has 0 aliphatic carbocycles. The molecule has 1 amide bonds. The van der Waals surface area contributed by atoms with Gasteiger partial charge in [-0.1, -0.05) is 13.0 Å². The maximum absolute atomic E-state index is 14.5. The molecule has 1 aromatic heterocycles. The third kappa shape index (κ3) is 5.05. The Kier molecular flexibility index (Phi) is 6.19. The first-order valence-electron chi connectivity index (χ1n) is 10.9. The second-order valence-corrected chi connectivity index (χ2v) is 9.25. The molecule has 33 heavy (non-hydrogen) atoms. The monoisotopic (exact) mass is 455 g/mol. The SMILES string of the molecule is CC1CC(C)(C)N(C)C2=CC(OCc3ccc(Oc4ccnc(F)c4)c(F)c3)=NC(=O)CC21. The van der Waals surface area contributed by atoms with E-state index in [1.165, 1.54) is 24.4 Å². The van der Waals surface area contributed by atoms with Gasteiger partial charge in [-0.2, -0.15) is 9.38 Å². The molecule has 0 bridgehead atoms. The van der Waals surface area contributed by atoms with Crippen LogP contribution in [-0.2, 0) is 16.1 Å². The number of allylic oxidation sites excluding steroid dienone is 1. The second kappa shape index (κ2) is 8.92. The summed E-state index contributed by atoms with van der Waals surface area (Å²) in [5, 5.41) is 0. The van der Waals surface area contributed by atoms with E-state index in [2.05, 4.69) is 35.6 Å². The van der Waals surface area contributed by atoms with Crippen molar-refractivity contribution in [2.75, 3.05) is 7.05 Å². The van der Waals surface area contributed by atoms with Crippen LogP contribution in [0.5, 0.6) is 11.5 Å². The highest BCUT2D eigenvalue weighted by atomic mass is 19.1. The number of amides is 1. The zero-order valence-electron chi connectivity index (χ0n) is 19.1. The van der Waals surface area contributed by atoms with Crippen LogP contribution in [0.3, 0.4) is 0 Å². The molecule has 2 aliphatic rings. The van der Waals surface area contributed by atoms with Crippen molar-refractivity contribution in [3.8, 4) is 11.5 Å². The largest absolute Gasteiger partial charge is 0.473 e. The first kappa shape index (κ1) is 22.9. The fraction of sp³-hybridized carbons (Fsp3) is 0.400. The standard InChI is InChI=1S/C25H27F2N3O3/c1-15-13-25(2,3)30(4)20-12-24(29-23(31)11-18(15)20)32-14-16-5-6-21(19(26)9-16)33-17-7-8-28-22(27)10-17/h5-10,12,15,18H,11,13-14H2,1-4H3.